The Bertz CT molecular complexity index is 565. The minimum Gasteiger partial charge on any atom is -0.388 e. The topological polar surface area (TPSA) is 57.6 Å². The van der Waals surface area contributed by atoms with Crippen molar-refractivity contribution in [2.24, 2.45) is 5.92 Å². The molecule has 1 aliphatic rings. The molecule has 0 heterocycles. The Kier molecular flexibility index (Phi) is 5.41. The first-order chi connectivity index (χ1) is 9.95. The molecule has 1 N–H and O–H groups in total. The van der Waals surface area contributed by atoms with Crippen LogP contribution in [0, 0.1) is 5.92 Å². The first-order valence-corrected chi connectivity index (χ1v) is 9.13. The molecule has 1 aliphatic carbocycles. The predicted octanol–water partition coefficient (Wildman–Crippen LogP) is 2.94. The third-order valence-corrected chi connectivity index (χ3v) is 6.15. The quantitative estimate of drug-likeness (QED) is 0.879. The van der Waals surface area contributed by atoms with Crippen LogP contribution in [0.5, 0.6) is 0 Å². The monoisotopic (exact) mass is 311 g/mol. The fourth-order valence-corrected chi connectivity index (χ4v) is 4.26. The van der Waals surface area contributed by atoms with Gasteiger partial charge >= 0.3 is 0 Å². The van der Waals surface area contributed by atoms with Crippen molar-refractivity contribution in [1.29, 1.82) is 0 Å². The number of nitrogens with zero attached hydrogens (tertiary/aromatic N) is 1. The summed E-state index contributed by atoms with van der Waals surface area (Å²) >= 11 is 0. The van der Waals surface area contributed by atoms with Gasteiger partial charge in [-0.1, -0.05) is 31.9 Å². The average molecular weight is 311 g/mol. The molecule has 1 unspecified atom stereocenters. The van der Waals surface area contributed by atoms with E-state index in [2.05, 4.69) is 0 Å². The van der Waals surface area contributed by atoms with Gasteiger partial charge in [-0.2, -0.15) is 0 Å². The van der Waals surface area contributed by atoms with Gasteiger partial charge in [0.1, 0.15) is 0 Å². The molecule has 2 rings (SSSR count). The molecule has 1 aromatic rings. The highest BCUT2D eigenvalue weighted by molar-refractivity contribution is 7.89. The van der Waals surface area contributed by atoms with E-state index in [9.17, 15) is 13.5 Å². The van der Waals surface area contributed by atoms with E-state index in [4.69, 9.17) is 0 Å². The predicted molar refractivity (Wildman–Crippen MR) is 83.5 cm³/mol. The zero-order valence-corrected chi connectivity index (χ0v) is 13.6. The first kappa shape index (κ1) is 16.5. The summed E-state index contributed by atoms with van der Waals surface area (Å²) in [5, 5.41) is 9.88. The first-order valence-electron chi connectivity index (χ1n) is 7.69. The molecule has 5 heteroatoms. The molecule has 0 radical (unpaired) electrons. The maximum Gasteiger partial charge on any atom is 0.242 e. The molecular weight excluding hydrogens is 286 g/mol. The van der Waals surface area contributed by atoms with Crippen LogP contribution in [0.2, 0.25) is 0 Å². The van der Waals surface area contributed by atoms with Gasteiger partial charge in [0.2, 0.25) is 10.0 Å². The number of benzene rings is 1. The Morgan fingerprint density at radius 1 is 1.33 bits per heavy atom. The van der Waals surface area contributed by atoms with E-state index in [1.807, 2.05) is 6.92 Å². The minimum atomic E-state index is -3.47. The molecule has 1 aromatic carbocycles. The summed E-state index contributed by atoms with van der Waals surface area (Å²) in [6.07, 6.45) is 4.61. The Hall–Kier alpha value is -0.910. The molecule has 0 spiro atoms. The van der Waals surface area contributed by atoms with Gasteiger partial charge in [0.05, 0.1) is 11.0 Å². The molecule has 0 aromatic heterocycles. The van der Waals surface area contributed by atoms with Crippen LogP contribution in [0.25, 0.3) is 0 Å². The summed E-state index contributed by atoms with van der Waals surface area (Å²) in [7, 11) is -1.82. The van der Waals surface area contributed by atoms with Crippen molar-refractivity contribution in [2.75, 3.05) is 13.6 Å². The van der Waals surface area contributed by atoms with Crippen LogP contribution in [-0.4, -0.2) is 31.4 Å². The van der Waals surface area contributed by atoms with Gasteiger partial charge in [-0.15, -0.1) is 0 Å². The Balaban J connectivity index is 2.17. The van der Waals surface area contributed by atoms with Crippen molar-refractivity contribution < 1.29 is 13.5 Å². The van der Waals surface area contributed by atoms with Crippen LogP contribution in [0.15, 0.2) is 29.2 Å². The summed E-state index contributed by atoms with van der Waals surface area (Å²) in [4.78, 5) is 0.271. The van der Waals surface area contributed by atoms with Crippen molar-refractivity contribution >= 4 is 10.0 Å². The molecule has 0 saturated heterocycles. The van der Waals surface area contributed by atoms with Crippen molar-refractivity contribution in [3.8, 4) is 0 Å². The normalized spacial score (nSPS) is 18.3. The van der Waals surface area contributed by atoms with Crippen molar-refractivity contribution in [3.63, 3.8) is 0 Å². The van der Waals surface area contributed by atoms with Crippen LogP contribution in [0.4, 0.5) is 0 Å². The largest absolute Gasteiger partial charge is 0.388 e. The fourth-order valence-electron chi connectivity index (χ4n) is 2.95. The lowest BCUT2D eigenvalue weighted by atomic mass is 10.1. The van der Waals surface area contributed by atoms with E-state index >= 15 is 0 Å². The van der Waals surface area contributed by atoms with E-state index in [1.165, 1.54) is 17.1 Å². The van der Waals surface area contributed by atoms with Gasteiger partial charge in [0.15, 0.2) is 0 Å². The van der Waals surface area contributed by atoms with Gasteiger partial charge in [-0.3, -0.25) is 0 Å². The number of hydrogen-bond donors (Lipinski definition) is 1. The van der Waals surface area contributed by atoms with Crippen molar-refractivity contribution in [1.82, 2.24) is 4.31 Å². The van der Waals surface area contributed by atoms with E-state index < -0.39 is 16.1 Å². The molecule has 118 valence electrons. The third-order valence-electron chi connectivity index (χ3n) is 4.33. The van der Waals surface area contributed by atoms with Crippen LogP contribution in [0.3, 0.4) is 0 Å². The molecule has 0 amide bonds. The van der Waals surface area contributed by atoms with Crippen LogP contribution >= 0.6 is 0 Å². The standard InChI is InChI=1S/C16H25NO3S/c1-3-16(18)14-9-6-10-15(11-14)21(19,20)17(2)12-13-7-4-5-8-13/h6,9-11,13,16,18H,3-5,7-8,12H2,1-2H3. The van der Waals surface area contributed by atoms with Gasteiger partial charge in [-0.25, -0.2) is 12.7 Å². The van der Waals surface area contributed by atoms with E-state index in [-0.39, 0.29) is 4.90 Å². The Morgan fingerprint density at radius 2 is 2.00 bits per heavy atom. The molecule has 0 aliphatic heterocycles. The maximum atomic E-state index is 12.6. The van der Waals surface area contributed by atoms with Crippen molar-refractivity contribution in [2.45, 2.75) is 50.0 Å². The molecule has 0 bridgehead atoms. The molecule has 1 atom stereocenters. The second-order valence-corrected chi connectivity index (χ2v) is 7.98. The Labute approximate surface area is 127 Å². The average Bonchev–Trinajstić information content (AvgIpc) is 2.99. The van der Waals surface area contributed by atoms with E-state index in [1.54, 1.807) is 31.3 Å². The second kappa shape index (κ2) is 6.90. The van der Waals surface area contributed by atoms with Gasteiger partial charge in [-0.05, 0) is 42.9 Å². The SMILES string of the molecule is CCC(O)c1cccc(S(=O)(=O)N(C)CC2CCCC2)c1. The fraction of sp³-hybridized carbons (Fsp3) is 0.625. The number of hydrogen-bond acceptors (Lipinski definition) is 3. The zero-order valence-electron chi connectivity index (χ0n) is 12.8. The highest BCUT2D eigenvalue weighted by Gasteiger charge is 2.25. The van der Waals surface area contributed by atoms with Gasteiger partial charge < -0.3 is 5.11 Å². The maximum absolute atomic E-state index is 12.6. The molecule has 1 saturated carbocycles. The highest BCUT2D eigenvalue weighted by Crippen LogP contribution is 2.27. The number of rotatable bonds is 6. The van der Waals surface area contributed by atoms with E-state index in [0.29, 0.717) is 24.4 Å². The summed E-state index contributed by atoms with van der Waals surface area (Å²) in [5.41, 5.74) is 0.660. The van der Waals surface area contributed by atoms with Crippen LogP contribution < -0.4 is 0 Å². The smallest absolute Gasteiger partial charge is 0.242 e. The van der Waals surface area contributed by atoms with Gasteiger partial charge in [0.25, 0.3) is 0 Å². The van der Waals surface area contributed by atoms with Crippen LogP contribution in [-0.2, 0) is 10.0 Å². The van der Waals surface area contributed by atoms with Crippen LogP contribution in [0.1, 0.15) is 50.7 Å². The molecular formula is C16H25NO3S. The molecule has 1 fully saturated rings. The number of aliphatic hydroxyl groups is 1. The summed E-state index contributed by atoms with van der Waals surface area (Å²) in [6, 6.07) is 6.66. The molecule has 4 nitrogen and oxygen atoms in total. The zero-order chi connectivity index (χ0) is 15.5. The summed E-state index contributed by atoms with van der Waals surface area (Å²) in [6.45, 7) is 2.46. The Morgan fingerprint density at radius 3 is 2.62 bits per heavy atom. The molecule has 21 heavy (non-hydrogen) atoms. The lowest BCUT2D eigenvalue weighted by Gasteiger charge is -2.21. The highest BCUT2D eigenvalue weighted by atomic mass is 32.2. The summed E-state index contributed by atoms with van der Waals surface area (Å²) < 4.78 is 26.7. The minimum absolute atomic E-state index is 0.271. The summed E-state index contributed by atoms with van der Waals surface area (Å²) in [5.74, 6) is 0.481. The third kappa shape index (κ3) is 3.84. The van der Waals surface area contributed by atoms with Gasteiger partial charge in [0, 0.05) is 13.6 Å². The number of sulfonamides is 1. The second-order valence-electron chi connectivity index (χ2n) is 5.93. The lowest BCUT2D eigenvalue weighted by molar-refractivity contribution is 0.173. The lowest BCUT2D eigenvalue weighted by Crippen LogP contribution is -2.31. The van der Waals surface area contributed by atoms with E-state index in [0.717, 1.165) is 12.8 Å². The van der Waals surface area contributed by atoms with Crippen molar-refractivity contribution in [3.05, 3.63) is 29.8 Å². The number of aliphatic hydroxyl groups excluding tert-OH is 1.